The van der Waals surface area contributed by atoms with E-state index in [1.807, 2.05) is 0 Å². The number of hydrogen-bond acceptors (Lipinski definition) is 9. The summed E-state index contributed by atoms with van der Waals surface area (Å²) in [6.45, 7) is -1.14. The van der Waals surface area contributed by atoms with E-state index in [4.69, 9.17) is 27.9 Å². The Morgan fingerprint density at radius 1 is 1.05 bits per heavy atom. The number of benzene rings is 2. The zero-order valence-electron chi connectivity index (χ0n) is 21.2. The van der Waals surface area contributed by atoms with Crippen LogP contribution < -0.4 is 21.4 Å². The van der Waals surface area contributed by atoms with Crippen molar-refractivity contribution in [1.82, 2.24) is 38.7 Å². The monoisotopic (exact) mass is 589 g/mol. The third kappa shape index (κ3) is 5.54. The first kappa shape index (κ1) is 27.3. The molecule has 0 unspecified atom stereocenters. The molecule has 0 saturated heterocycles. The number of aliphatic hydroxyl groups excluding tert-OH is 1. The number of ether oxygens (including phenoxy) is 1. The number of anilines is 2. The lowest BCUT2D eigenvalue weighted by Gasteiger charge is -2.18. The molecule has 3 aromatic heterocycles. The summed E-state index contributed by atoms with van der Waals surface area (Å²) in [5.41, 5.74) is -0.506. The van der Waals surface area contributed by atoms with Crippen molar-refractivity contribution in [2.75, 3.05) is 18.5 Å². The van der Waals surface area contributed by atoms with E-state index in [1.165, 1.54) is 17.1 Å². The minimum atomic E-state index is -0.871. The lowest BCUT2D eigenvalue weighted by atomic mass is 10.2. The first-order valence-electron chi connectivity index (χ1n) is 11.8. The summed E-state index contributed by atoms with van der Waals surface area (Å²) >= 11 is 12.6. The van der Waals surface area contributed by atoms with Gasteiger partial charge in [0.25, 0.3) is 0 Å². The number of nitrogens with zero attached hydrogens (tertiary/aromatic N) is 8. The molecule has 2 N–H and O–H groups in total. The molecule has 0 atom stereocenters. The summed E-state index contributed by atoms with van der Waals surface area (Å²) in [5.74, 6) is -0.960. The Bertz CT molecular complexity index is 1850. The minimum Gasteiger partial charge on any atom is -0.488 e. The molecule has 5 aromatic rings. The molecular weight excluding hydrogens is 568 g/mol. The maximum Gasteiger partial charge on any atom is 0.355 e. The predicted octanol–water partition coefficient (Wildman–Crippen LogP) is 2.08. The normalized spacial score (nSPS) is 11.3. The second-order valence-corrected chi connectivity index (χ2v) is 9.62. The largest absolute Gasteiger partial charge is 0.488 e. The molecule has 2 aromatic carbocycles. The van der Waals surface area contributed by atoms with Crippen LogP contribution >= 0.6 is 23.2 Å². The fraction of sp³-hybridized carbons (Fsp3) is 0.250. The van der Waals surface area contributed by atoms with E-state index in [0.717, 1.165) is 20.6 Å². The van der Waals surface area contributed by atoms with Gasteiger partial charge in [0.1, 0.15) is 12.9 Å². The van der Waals surface area contributed by atoms with Gasteiger partial charge in [0.2, 0.25) is 5.95 Å². The highest BCUT2D eigenvalue weighted by Crippen LogP contribution is 2.31. The third-order valence-corrected chi connectivity index (χ3v) is 6.33. The highest BCUT2D eigenvalue weighted by molar-refractivity contribution is 6.34. The van der Waals surface area contributed by atoms with Crippen LogP contribution in [0.4, 0.5) is 16.0 Å². The van der Waals surface area contributed by atoms with E-state index in [-0.39, 0.29) is 59.4 Å². The highest BCUT2D eigenvalue weighted by Gasteiger charge is 2.20. The van der Waals surface area contributed by atoms with Gasteiger partial charge in [-0.2, -0.15) is 15.2 Å². The number of rotatable bonds is 9. The topological polar surface area (TPSA) is 147 Å². The van der Waals surface area contributed by atoms with Crippen LogP contribution in [-0.4, -0.2) is 57.0 Å². The molecule has 0 spiro atoms. The highest BCUT2D eigenvalue weighted by atomic mass is 35.5. The second-order valence-electron chi connectivity index (χ2n) is 8.77. The molecule has 13 nitrogen and oxygen atoms in total. The van der Waals surface area contributed by atoms with Gasteiger partial charge in [-0.05, 0) is 24.3 Å². The zero-order valence-corrected chi connectivity index (χ0v) is 22.7. The number of aromatic nitrogens is 8. The quantitative estimate of drug-likeness (QED) is 0.263. The van der Waals surface area contributed by atoms with Crippen LogP contribution in [0.5, 0.6) is 5.75 Å². The zero-order chi connectivity index (χ0) is 28.6. The molecule has 0 radical (unpaired) electrons. The Labute approximate surface area is 235 Å². The molecular formula is C24H22Cl2FN9O4. The summed E-state index contributed by atoms with van der Waals surface area (Å²) in [5, 5.41) is 21.7. The van der Waals surface area contributed by atoms with Crippen LogP contribution in [0.3, 0.4) is 0 Å². The van der Waals surface area contributed by atoms with Crippen molar-refractivity contribution in [2.45, 2.75) is 13.1 Å². The number of aliphatic hydroxyl groups is 1. The Balaban J connectivity index is 1.65. The van der Waals surface area contributed by atoms with E-state index in [2.05, 4.69) is 25.5 Å². The molecule has 0 aliphatic carbocycles. The molecule has 3 heterocycles. The van der Waals surface area contributed by atoms with E-state index >= 15 is 0 Å². The van der Waals surface area contributed by atoms with E-state index < -0.39 is 17.2 Å². The fourth-order valence-corrected chi connectivity index (χ4v) is 4.53. The van der Waals surface area contributed by atoms with Crippen molar-refractivity contribution < 1.29 is 14.2 Å². The summed E-state index contributed by atoms with van der Waals surface area (Å²) in [7, 11) is 3.41. The number of halogens is 3. The molecule has 5 rings (SSSR count). The van der Waals surface area contributed by atoms with Crippen molar-refractivity contribution in [3.05, 3.63) is 85.0 Å². The summed E-state index contributed by atoms with van der Waals surface area (Å²) < 4.78 is 25.2. The predicted molar refractivity (Wildman–Crippen MR) is 145 cm³/mol. The van der Waals surface area contributed by atoms with Gasteiger partial charge in [-0.25, -0.2) is 23.5 Å². The first-order valence-corrected chi connectivity index (χ1v) is 12.6. The van der Waals surface area contributed by atoms with Gasteiger partial charge in [0.15, 0.2) is 17.4 Å². The number of nitrogens with one attached hydrogen (secondary N) is 1. The number of fused-ring (bicyclic) bond motifs is 1. The van der Waals surface area contributed by atoms with Crippen molar-refractivity contribution in [3.63, 3.8) is 0 Å². The Hall–Kier alpha value is -4.27. The van der Waals surface area contributed by atoms with Crippen LogP contribution in [0.15, 0.2) is 46.4 Å². The van der Waals surface area contributed by atoms with Crippen molar-refractivity contribution in [3.8, 4) is 5.75 Å². The van der Waals surface area contributed by atoms with Crippen LogP contribution in [0, 0.1) is 5.82 Å². The average Bonchev–Trinajstić information content (AvgIpc) is 3.47. The van der Waals surface area contributed by atoms with Gasteiger partial charge >= 0.3 is 11.4 Å². The molecule has 0 saturated carbocycles. The van der Waals surface area contributed by atoms with E-state index in [9.17, 15) is 19.1 Å². The molecule has 0 amide bonds. The van der Waals surface area contributed by atoms with Crippen LogP contribution in [-0.2, 0) is 27.2 Å². The summed E-state index contributed by atoms with van der Waals surface area (Å²) in [4.78, 5) is 35.0. The van der Waals surface area contributed by atoms with Gasteiger partial charge < -0.3 is 15.2 Å². The van der Waals surface area contributed by atoms with Crippen LogP contribution in [0.1, 0.15) is 11.4 Å². The number of hydrogen-bond donors (Lipinski definition) is 2. The Kier molecular flexibility index (Phi) is 7.56. The fourth-order valence-electron chi connectivity index (χ4n) is 4.10. The van der Waals surface area contributed by atoms with Gasteiger partial charge in [-0.3, -0.25) is 13.9 Å². The van der Waals surface area contributed by atoms with Crippen molar-refractivity contribution >= 4 is 45.7 Å². The number of aryl methyl sites for hydroxylation is 2. The van der Waals surface area contributed by atoms with E-state index in [1.54, 1.807) is 37.1 Å². The summed E-state index contributed by atoms with van der Waals surface area (Å²) in [6, 6.07) is 5.79. The standard InChI is InChI=1S/C24H22Cl2FN9O4/c1-33-9-13-6-19(16(26)8-18(13)31-33)29-22-30-23(38)36(11-20-28-12-34(2)32-20)24(39)35(22)10-14-5-15(25)7-17(27)21(14)40-4-3-37/h5-9,12,37H,3-4,10-11H2,1-2H3,(H,29,30,38). The lowest BCUT2D eigenvalue weighted by molar-refractivity contribution is 0.195. The van der Waals surface area contributed by atoms with Gasteiger partial charge in [-0.15, -0.1) is 0 Å². The van der Waals surface area contributed by atoms with Gasteiger partial charge in [0, 0.05) is 36.3 Å². The maximum atomic E-state index is 14.8. The second kappa shape index (κ2) is 11.1. The average molecular weight is 590 g/mol. The minimum absolute atomic E-state index is 0.0513. The van der Waals surface area contributed by atoms with Gasteiger partial charge in [-0.1, -0.05) is 23.2 Å². The molecule has 40 heavy (non-hydrogen) atoms. The van der Waals surface area contributed by atoms with E-state index in [0.29, 0.717) is 11.2 Å². The molecule has 0 fully saturated rings. The Morgan fingerprint density at radius 3 is 2.58 bits per heavy atom. The Morgan fingerprint density at radius 2 is 1.85 bits per heavy atom. The molecule has 0 aliphatic heterocycles. The van der Waals surface area contributed by atoms with Crippen LogP contribution in [0.25, 0.3) is 10.9 Å². The lowest BCUT2D eigenvalue weighted by Crippen LogP contribution is -2.43. The molecule has 208 valence electrons. The molecule has 0 aliphatic rings. The van der Waals surface area contributed by atoms with Gasteiger partial charge in [0.05, 0.1) is 35.9 Å². The third-order valence-electron chi connectivity index (χ3n) is 5.80. The van der Waals surface area contributed by atoms with Crippen molar-refractivity contribution in [2.24, 2.45) is 14.1 Å². The van der Waals surface area contributed by atoms with Crippen molar-refractivity contribution in [1.29, 1.82) is 0 Å². The molecule has 16 heteroatoms. The molecule has 0 bridgehead atoms. The van der Waals surface area contributed by atoms with Crippen LogP contribution in [0.2, 0.25) is 10.0 Å². The summed E-state index contributed by atoms with van der Waals surface area (Å²) in [6.07, 6.45) is 3.20. The SMILES string of the molecule is Cn1cnc(Cn2c(=O)nc(Nc3cc4cn(C)nc4cc3Cl)n(Cc3cc(Cl)cc(F)c3OCCO)c2=O)n1. The smallest absolute Gasteiger partial charge is 0.355 e. The first-order chi connectivity index (χ1) is 19.1. The maximum absolute atomic E-state index is 14.8.